The van der Waals surface area contributed by atoms with Crippen LogP contribution in [0.2, 0.25) is 0 Å². The number of halogens is 1. The average molecular weight is 437 g/mol. The number of hydrogen-bond donors (Lipinski definition) is 3. The molecule has 1 amide bonds. The van der Waals surface area contributed by atoms with Gasteiger partial charge in [0, 0.05) is 38.3 Å². The second-order valence-electron chi connectivity index (χ2n) is 8.81. The van der Waals surface area contributed by atoms with E-state index in [0.29, 0.717) is 38.8 Å². The first-order chi connectivity index (χ1) is 14.7. The highest BCUT2D eigenvalue weighted by Gasteiger charge is 2.34. The maximum atomic E-state index is 13.9. The molecule has 1 aromatic carbocycles. The quantitative estimate of drug-likeness (QED) is 0.331. The Morgan fingerprint density at radius 2 is 1.90 bits per heavy atom. The third-order valence-electron chi connectivity index (χ3n) is 5.09. The minimum Gasteiger partial charge on any atom is -0.444 e. The molecule has 1 fully saturated rings. The second-order valence-corrected chi connectivity index (χ2v) is 8.81. The van der Waals surface area contributed by atoms with Crippen molar-refractivity contribution in [1.29, 1.82) is 0 Å². The molecular formula is C23H37FN4O3. The maximum absolute atomic E-state index is 13.9. The summed E-state index contributed by atoms with van der Waals surface area (Å²) in [6.45, 7) is 11.2. The molecule has 0 aliphatic carbocycles. The van der Waals surface area contributed by atoms with Crippen LogP contribution in [0.3, 0.4) is 0 Å². The molecule has 3 N–H and O–H groups in total. The molecular weight excluding hydrogens is 399 g/mol. The summed E-state index contributed by atoms with van der Waals surface area (Å²) >= 11 is 0. The summed E-state index contributed by atoms with van der Waals surface area (Å²) in [6, 6.07) is 6.82. The molecule has 0 radical (unpaired) electrons. The number of benzene rings is 1. The van der Waals surface area contributed by atoms with Gasteiger partial charge in [0.15, 0.2) is 5.96 Å². The Morgan fingerprint density at radius 1 is 1.19 bits per heavy atom. The summed E-state index contributed by atoms with van der Waals surface area (Å²) in [5.74, 6) is 0.483. The highest BCUT2D eigenvalue weighted by molar-refractivity contribution is 5.79. The van der Waals surface area contributed by atoms with Crippen LogP contribution >= 0.6 is 0 Å². The van der Waals surface area contributed by atoms with E-state index in [1.54, 1.807) is 12.1 Å². The second kappa shape index (κ2) is 11.9. The average Bonchev–Trinajstić information content (AvgIpc) is 2.71. The van der Waals surface area contributed by atoms with E-state index >= 15 is 0 Å². The fraction of sp³-hybridized carbons (Fsp3) is 0.652. The molecule has 8 heteroatoms. The monoisotopic (exact) mass is 436 g/mol. The van der Waals surface area contributed by atoms with Gasteiger partial charge in [0.1, 0.15) is 11.4 Å². The highest BCUT2D eigenvalue weighted by Crippen LogP contribution is 2.35. The Morgan fingerprint density at radius 3 is 2.55 bits per heavy atom. The van der Waals surface area contributed by atoms with E-state index in [2.05, 4.69) is 16.0 Å². The Labute approximate surface area is 185 Å². The van der Waals surface area contributed by atoms with Crippen molar-refractivity contribution in [1.82, 2.24) is 16.0 Å². The SMILES string of the molecule is CCNC(=NCC1(c2cccc(F)c2)CCOCC1)NCCCNC(=O)OC(C)(C)C. The molecule has 0 aromatic heterocycles. The molecule has 1 aliphatic heterocycles. The summed E-state index contributed by atoms with van der Waals surface area (Å²) in [6.07, 6.45) is 1.93. The Kier molecular flexibility index (Phi) is 9.55. The van der Waals surface area contributed by atoms with E-state index < -0.39 is 11.7 Å². The number of guanidine groups is 1. The molecule has 0 saturated carbocycles. The van der Waals surface area contributed by atoms with E-state index in [-0.39, 0.29) is 11.2 Å². The van der Waals surface area contributed by atoms with Crippen LogP contribution in [-0.2, 0) is 14.9 Å². The number of rotatable bonds is 8. The summed E-state index contributed by atoms with van der Waals surface area (Å²) < 4.78 is 24.6. The Bertz CT molecular complexity index is 728. The largest absolute Gasteiger partial charge is 0.444 e. The lowest BCUT2D eigenvalue weighted by atomic mass is 9.74. The topological polar surface area (TPSA) is 84.0 Å². The first-order valence-corrected chi connectivity index (χ1v) is 11.1. The van der Waals surface area contributed by atoms with Crippen LogP contribution in [0, 0.1) is 5.82 Å². The van der Waals surface area contributed by atoms with Crippen LogP contribution in [0.25, 0.3) is 0 Å². The molecule has 0 unspecified atom stereocenters. The lowest BCUT2D eigenvalue weighted by Crippen LogP contribution is -2.42. The summed E-state index contributed by atoms with van der Waals surface area (Å²) in [5.41, 5.74) is 0.229. The fourth-order valence-corrected chi connectivity index (χ4v) is 3.49. The van der Waals surface area contributed by atoms with Gasteiger partial charge in [-0.15, -0.1) is 0 Å². The van der Waals surface area contributed by atoms with E-state index in [0.717, 1.165) is 31.4 Å². The van der Waals surface area contributed by atoms with Gasteiger partial charge in [0.2, 0.25) is 0 Å². The van der Waals surface area contributed by atoms with Crippen molar-refractivity contribution in [3.05, 3.63) is 35.6 Å². The Hall–Kier alpha value is -2.35. The molecule has 174 valence electrons. The van der Waals surface area contributed by atoms with E-state index in [1.165, 1.54) is 6.07 Å². The molecule has 1 saturated heterocycles. The van der Waals surface area contributed by atoms with Crippen LogP contribution in [0.1, 0.15) is 52.5 Å². The molecule has 7 nitrogen and oxygen atoms in total. The number of nitrogens with zero attached hydrogens (tertiary/aromatic N) is 1. The number of aliphatic imine (C=N–C) groups is 1. The summed E-state index contributed by atoms with van der Waals surface area (Å²) in [5, 5.41) is 9.31. The van der Waals surface area contributed by atoms with Crippen LogP contribution < -0.4 is 16.0 Å². The Balaban J connectivity index is 1.92. The van der Waals surface area contributed by atoms with Crippen LogP contribution in [-0.4, -0.2) is 57.0 Å². The zero-order valence-corrected chi connectivity index (χ0v) is 19.2. The fourth-order valence-electron chi connectivity index (χ4n) is 3.49. The zero-order chi connectivity index (χ0) is 22.7. The minimum absolute atomic E-state index is 0.227. The van der Waals surface area contributed by atoms with Gasteiger partial charge in [-0.3, -0.25) is 4.99 Å². The van der Waals surface area contributed by atoms with Crippen molar-refractivity contribution in [2.24, 2.45) is 4.99 Å². The molecule has 0 bridgehead atoms. The van der Waals surface area contributed by atoms with Crippen molar-refractivity contribution in [2.75, 3.05) is 39.4 Å². The van der Waals surface area contributed by atoms with E-state index in [4.69, 9.17) is 14.5 Å². The summed E-state index contributed by atoms with van der Waals surface area (Å²) in [4.78, 5) is 16.5. The van der Waals surface area contributed by atoms with Gasteiger partial charge in [-0.25, -0.2) is 9.18 Å². The smallest absolute Gasteiger partial charge is 0.407 e. The van der Waals surface area contributed by atoms with Crippen LogP contribution in [0.4, 0.5) is 9.18 Å². The van der Waals surface area contributed by atoms with E-state index in [1.807, 2.05) is 33.8 Å². The van der Waals surface area contributed by atoms with Crippen LogP contribution in [0.15, 0.2) is 29.3 Å². The number of carbonyl (C=O) groups is 1. The van der Waals surface area contributed by atoms with Crippen molar-refractivity contribution in [3.8, 4) is 0 Å². The van der Waals surface area contributed by atoms with Crippen molar-refractivity contribution >= 4 is 12.1 Å². The third-order valence-corrected chi connectivity index (χ3v) is 5.09. The van der Waals surface area contributed by atoms with Crippen molar-refractivity contribution in [2.45, 2.75) is 58.0 Å². The number of carbonyl (C=O) groups excluding carboxylic acids is 1. The number of nitrogens with one attached hydrogen (secondary N) is 3. The molecule has 0 atom stereocenters. The van der Waals surface area contributed by atoms with Gasteiger partial charge in [-0.2, -0.15) is 0 Å². The van der Waals surface area contributed by atoms with E-state index in [9.17, 15) is 9.18 Å². The lowest BCUT2D eigenvalue weighted by Gasteiger charge is -2.36. The van der Waals surface area contributed by atoms with Gasteiger partial charge in [0.25, 0.3) is 0 Å². The highest BCUT2D eigenvalue weighted by atomic mass is 19.1. The van der Waals surface area contributed by atoms with Gasteiger partial charge in [-0.05, 0) is 64.7 Å². The number of hydrogen-bond acceptors (Lipinski definition) is 4. The molecule has 1 aliphatic rings. The van der Waals surface area contributed by atoms with Gasteiger partial charge in [0.05, 0.1) is 6.54 Å². The number of amides is 1. The first kappa shape index (κ1) is 24.9. The third kappa shape index (κ3) is 8.73. The van der Waals surface area contributed by atoms with Crippen molar-refractivity contribution in [3.63, 3.8) is 0 Å². The number of alkyl carbamates (subject to hydrolysis) is 1. The molecule has 31 heavy (non-hydrogen) atoms. The first-order valence-electron chi connectivity index (χ1n) is 11.1. The molecule has 2 rings (SSSR count). The van der Waals surface area contributed by atoms with Crippen LogP contribution in [0.5, 0.6) is 0 Å². The van der Waals surface area contributed by atoms with Gasteiger partial charge < -0.3 is 25.4 Å². The van der Waals surface area contributed by atoms with Gasteiger partial charge in [-0.1, -0.05) is 12.1 Å². The molecule has 0 spiro atoms. The normalized spacial score (nSPS) is 16.5. The molecule has 1 aromatic rings. The maximum Gasteiger partial charge on any atom is 0.407 e. The zero-order valence-electron chi connectivity index (χ0n) is 19.2. The lowest BCUT2D eigenvalue weighted by molar-refractivity contribution is 0.0524. The predicted octanol–water partition coefficient (Wildman–Crippen LogP) is 3.34. The van der Waals surface area contributed by atoms with Gasteiger partial charge >= 0.3 is 6.09 Å². The predicted molar refractivity (Wildman–Crippen MR) is 121 cm³/mol. The molecule has 1 heterocycles. The standard InChI is InChI=1S/C23H37FN4O3/c1-5-25-20(26-12-7-13-27-21(29)31-22(2,3)4)28-17-23(10-14-30-15-11-23)18-8-6-9-19(24)16-18/h6,8-9,16H,5,7,10-15,17H2,1-4H3,(H,27,29)(H2,25,26,28). The number of ether oxygens (including phenoxy) is 2. The van der Waals surface area contributed by atoms with Crippen molar-refractivity contribution < 1.29 is 18.7 Å². The summed E-state index contributed by atoms with van der Waals surface area (Å²) in [7, 11) is 0. The minimum atomic E-state index is -0.505.